The Morgan fingerprint density at radius 2 is 1.14 bits per heavy atom. The minimum atomic E-state index is 0.939. The molecule has 29 heavy (non-hydrogen) atoms. The first-order valence-corrected chi connectivity index (χ1v) is 11.6. The fourth-order valence-corrected chi connectivity index (χ4v) is 5.43. The lowest BCUT2D eigenvalue weighted by molar-refractivity contribution is 0.666. The van der Waals surface area contributed by atoms with Crippen molar-refractivity contribution in [2.24, 2.45) is 0 Å². The van der Waals surface area contributed by atoms with E-state index < -0.39 is 0 Å². The molecule has 0 saturated carbocycles. The predicted molar refractivity (Wildman–Crippen MR) is 136 cm³/mol. The Labute approximate surface area is 197 Å². The van der Waals surface area contributed by atoms with Crippen molar-refractivity contribution in [3.05, 3.63) is 91.4 Å². The van der Waals surface area contributed by atoms with Gasteiger partial charge in [-0.1, -0.05) is 68.3 Å². The normalized spacial score (nSPS) is 11.3. The van der Waals surface area contributed by atoms with Gasteiger partial charge in [0.15, 0.2) is 0 Å². The summed E-state index contributed by atoms with van der Waals surface area (Å²) in [5.41, 5.74) is 3.80. The van der Waals surface area contributed by atoms with E-state index >= 15 is 0 Å². The SMILES string of the molecule is Brc1cc(I)c2oc3ccccc3c2c1.Brc1ccc2oc3ccccc3c2c1. The average molecular weight is 620 g/mol. The molecular formula is C24H13Br2IO2. The zero-order chi connectivity index (χ0) is 20.0. The number of rotatable bonds is 0. The summed E-state index contributed by atoms with van der Waals surface area (Å²) in [6, 6.07) is 26.4. The zero-order valence-corrected chi connectivity index (χ0v) is 20.3. The lowest BCUT2D eigenvalue weighted by Gasteiger charge is -1.94. The summed E-state index contributed by atoms with van der Waals surface area (Å²) in [6.45, 7) is 0. The summed E-state index contributed by atoms with van der Waals surface area (Å²) < 4.78 is 14.8. The van der Waals surface area contributed by atoms with Crippen LogP contribution in [-0.2, 0) is 0 Å². The molecule has 0 fully saturated rings. The van der Waals surface area contributed by atoms with Crippen LogP contribution < -0.4 is 0 Å². The summed E-state index contributed by atoms with van der Waals surface area (Å²) in [5.74, 6) is 0. The Bertz CT molecular complexity index is 1500. The Balaban J connectivity index is 0.000000125. The number of halogens is 3. The topological polar surface area (TPSA) is 26.3 Å². The molecule has 0 atom stereocenters. The van der Waals surface area contributed by atoms with E-state index in [1.807, 2.05) is 48.5 Å². The number of para-hydroxylation sites is 2. The van der Waals surface area contributed by atoms with E-state index in [2.05, 4.69) is 84.8 Å². The lowest BCUT2D eigenvalue weighted by Crippen LogP contribution is -1.73. The van der Waals surface area contributed by atoms with Crippen LogP contribution >= 0.6 is 54.5 Å². The van der Waals surface area contributed by atoms with Crippen molar-refractivity contribution in [3.63, 3.8) is 0 Å². The van der Waals surface area contributed by atoms with Crippen LogP contribution in [-0.4, -0.2) is 0 Å². The predicted octanol–water partition coefficient (Wildman–Crippen LogP) is 9.30. The Morgan fingerprint density at radius 1 is 0.552 bits per heavy atom. The average Bonchev–Trinajstić information content (AvgIpc) is 3.27. The molecule has 0 saturated heterocycles. The highest BCUT2D eigenvalue weighted by Gasteiger charge is 2.09. The molecule has 2 nitrogen and oxygen atoms in total. The van der Waals surface area contributed by atoms with Gasteiger partial charge in [0, 0.05) is 30.5 Å². The van der Waals surface area contributed by atoms with Crippen LogP contribution in [0.25, 0.3) is 43.9 Å². The van der Waals surface area contributed by atoms with E-state index in [9.17, 15) is 0 Å². The van der Waals surface area contributed by atoms with Gasteiger partial charge in [0.05, 0.1) is 3.57 Å². The van der Waals surface area contributed by atoms with Gasteiger partial charge in [0.25, 0.3) is 0 Å². The number of fused-ring (bicyclic) bond motifs is 6. The first-order valence-electron chi connectivity index (χ1n) is 8.93. The van der Waals surface area contributed by atoms with E-state index in [1.165, 1.54) is 16.2 Å². The highest BCUT2D eigenvalue weighted by Crippen LogP contribution is 2.34. The van der Waals surface area contributed by atoms with E-state index in [0.717, 1.165) is 40.2 Å². The number of hydrogen-bond acceptors (Lipinski definition) is 2. The van der Waals surface area contributed by atoms with Crippen LogP contribution in [0.3, 0.4) is 0 Å². The molecule has 0 unspecified atom stereocenters. The molecule has 4 aromatic carbocycles. The first kappa shape index (κ1) is 19.2. The molecule has 0 spiro atoms. The van der Waals surface area contributed by atoms with Gasteiger partial charge in [-0.25, -0.2) is 0 Å². The van der Waals surface area contributed by atoms with Gasteiger partial charge in [0.2, 0.25) is 0 Å². The molecule has 0 N–H and O–H groups in total. The Morgan fingerprint density at radius 3 is 1.90 bits per heavy atom. The molecule has 0 bridgehead atoms. The molecular weight excluding hydrogens is 607 g/mol. The van der Waals surface area contributed by atoms with Crippen molar-refractivity contribution < 1.29 is 8.83 Å². The van der Waals surface area contributed by atoms with Crippen molar-refractivity contribution in [1.29, 1.82) is 0 Å². The van der Waals surface area contributed by atoms with Gasteiger partial charge in [-0.15, -0.1) is 0 Å². The van der Waals surface area contributed by atoms with E-state index in [-0.39, 0.29) is 0 Å². The van der Waals surface area contributed by atoms with Crippen LogP contribution in [0.2, 0.25) is 0 Å². The zero-order valence-electron chi connectivity index (χ0n) is 15.0. The van der Waals surface area contributed by atoms with Crippen molar-refractivity contribution in [2.75, 3.05) is 0 Å². The third-order valence-electron chi connectivity index (χ3n) is 4.74. The van der Waals surface area contributed by atoms with E-state index in [4.69, 9.17) is 8.83 Å². The molecule has 142 valence electrons. The molecule has 0 aliphatic carbocycles. The summed E-state index contributed by atoms with van der Waals surface area (Å²) in [5, 5.41) is 4.68. The van der Waals surface area contributed by atoms with Crippen LogP contribution in [0.1, 0.15) is 0 Å². The van der Waals surface area contributed by atoms with Crippen molar-refractivity contribution in [3.8, 4) is 0 Å². The maximum atomic E-state index is 5.81. The van der Waals surface area contributed by atoms with E-state index in [1.54, 1.807) is 0 Å². The minimum Gasteiger partial charge on any atom is -0.456 e. The summed E-state index contributed by atoms with van der Waals surface area (Å²) in [4.78, 5) is 0. The second-order valence-electron chi connectivity index (χ2n) is 6.60. The van der Waals surface area contributed by atoms with Crippen molar-refractivity contribution in [2.45, 2.75) is 0 Å². The lowest BCUT2D eigenvalue weighted by atomic mass is 10.2. The summed E-state index contributed by atoms with van der Waals surface area (Å²) >= 11 is 9.26. The highest BCUT2D eigenvalue weighted by atomic mass is 127. The van der Waals surface area contributed by atoms with Crippen LogP contribution in [0, 0.1) is 3.57 Å². The highest BCUT2D eigenvalue weighted by molar-refractivity contribution is 14.1. The monoisotopic (exact) mass is 618 g/mol. The number of benzene rings is 4. The van der Waals surface area contributed by atoms with Gasteiger partial charge in [-0.3, -0.25) is 0 Å². The smallest absolute Gasteiger partial charge is 0.148 e. The Kier molecular flexibility index (Phi) is 5.14. The maximum absolute atomic E-state index is 5.81. The van der Waals surface area contributed by atoms with Gasteiger partial charge in [0.1, 0.15) is 22.3 Å². The van der Waals surface area contributed by atoms with Crippen LogP contribution in [0.5, 0.6) is 0 Å². The first-order chi connectivity index (χ1) is 14.1. The number of furan rings is 2. The molecule has 0 aliphatic rings. The quantitative estimate of drug-likeness (QED) is 0.158. The molecule has 0 amide bonds. The largest absolute Gasteiger partial charge is 0.456 e. The van der Waals surface area contributed by atoms with E-state index in [0.29, 0.717) is 0 Å². The van der Waals surface area contributed by atoms with Crippen LogP contribution in [0.4, 0.5) is 0 Å². The maximum Gasteiger partial charge on any atom is 0.148 e. The molecule has 0 radical (unpaired) electrons. The molecule has 5 heteroatoms. The third-order valence-corrected chi connectivity index (χ3v) is 6.49. The second kappa shape index (κ2) is 7.78. The van der Waals surface area contributed by atoms with Gasteiger partial charge >= 0.3 is 0 Å². The molecule has 2 aromatic heterocycles. The molecule has 0 aliphatic heterocycles. The number of hydrogen-bond donors (Lipinski definition) is 0. The van der Waals surface area contributed by atoms with Gasteiger partial charge in [-0.2, -0.15) is 0 Å². The Hall–Kier alpha value is -1.83. The van der Waals surface area contributed by atoms with Crippen LogP contribution in [0.15, 0.2) is 96.6 Å². The fraction of sp³-hybridized carbons (Fsp3) is 0. The standard InChI is InChI=1S/C12H6BrIO.C12H7BrO/c13-7-5-9-8-3-1-2-4-11(8)15-12(9)10(14)6-7;13-8-5-6-12-10(7-8)9-3-1-2-4-11(9)14-12/h1-6H;1-7H. The fourth-order valence-electron chi connectivity index (χ4n) is 3.45. The third kappa shape index (κ3) is 3.60. The summed E-state index contributed by atoms with van der Waals surface area (Å²) in [6.07, 6.45) is 0. The summed E-state index contributed by atoms with van der Waals surface area (Å²) in [7, 11) is 0. The molecule has 6 aromatic rings. The molecule has 6 rings (SSSR count). The van der Waals surface area contributed by atoms with Gasteiger partial charge in [-0.05, 0) is 65.1 Å². The van der Waals surface area contributed by atoms with Gasteiger partial charge < -0.3 is 8.83 Å². The minimum absolute atomic E-state index is 0.939. The second-order valence-corrected chi connectivity index (χ2v) is 9.59. The van der Waals surface area contributed by atoms with Crippen molar-refractivity contribution in [1.82, 2.24) is 0 Å². The molecule has 2 heterocycles. The van der Waals surface area contributed by atoms with Crippen molar-refractivity contribution >= 4 is 98.3 Å².